The molecule has 0 spiro atoms. The van der Waals surface area contributed by atoms with E-state index in [0.717, 1.165) is 25.0 Å². The fourth-order valence-electron chi connectivity index (χ4n) is 1.70. The van der Waals surface area contributed by atoms with Gasteiger partial charge < -0.3 is 0 Å². The van der Waals surface area contributed by atoms with Crippen LogP contribution in [0.3, 0.4) is 0 Å². The summed E-state index contributed by atoms with van der Waals surface area (Å²) in [4.78, 5) is 11.5. The van der Waals surface area contributed by atoms with E-state index in [9.17, 15) is 4.79 Å². The third-order valence-corrected chi connectivity index (χ3v) is 2.94. The van der Waals surface area contributed by atoms with Gasteiger partial charge >= 0.3 is 0 Å². The lowest BCUT2D eigenvalue weighted by molar-refractivity contribution is -0.121. The van der Waals surface area contributed by atoms with Crippen molar-refractivity contribution >= 4 is 17.3 Å². The molecule has 12 heavy (non-hydrogen) atoms. The van der Waals surface area contributed by atoms with Gasteiger partial charge in [0.25, 0.3) is 0 Å². The van der Waals surface area contributed by atoms with Gasteiger partial charge in [0.2, 0.25) is 0 Å². The Kier molecular flexibility index (Phi) is 2.21. The minimum Gasteiger partial charge on any atom is -0.299 e. The zero-order chi connectivity index (χ0) is 8.39. The highest BCUT2D eigenvalue weighted by Gasteiger charge is 2.24. The highest BCUT2D eigenvalue weighted by Crippen LogP contribution is 2.29. The molecule has 1 saturated carbocycles. The first-order valence-electron chi connectivity index (χ1n) is 4.31. The molecule has 0 aliphatic heterocycles. The minimum atomic E-state index is 0.116. The SMILES string of the molecule is O=C1CCCCC1c1ccsn1. The van der Waals surface area contributed by atoms with Crippen LogP contribution in [0.1, 0.15) is 37.3 Å². The average Bonchev–Trinajstić information content (AvgIpc) is 2.57. The second-order valence-corrected chi connectivity index (χ2v) is 3.85. The maximum Gasteiger partial charge on any atom is 0.141 e. The van der Waals surface area contributed by atoms with E-state index in [4.69, 9.17) is 0 Å². The van der Waals surface area contributed by atoms with Crippen LogP contribution in [0, 0.1) is 0 Å². The van der Waals surface area contributed by atoms with Gasteiger partial charge in [0.1, 0.15) is 5.78 Å². The number of carbonyl (C=O) groups is 1. The average molecular weight is 181 g/mol. The lowest BCUT2D eigenvalue weighted by atomic mass is 9.86. The Balaban J connectivity index is 2.17. The molecular weight excluding hydrogens is 170 g/mol. The Morgan fingerprint density at radius 2 is 2.42 bits per heavy atom. The number of rotatable bonds is 1. The highest BCUT2D eigenvalue weighted by molar-refractivity contribution is 7.03. The molecule has 0 bridgehead atoms. The van der Waals surface area contributed by atoms with Crippen LogP contribution in [0.5, 0.6) is 0 Å². The molecule has 0 saturated heterocycles. The minimum absolute atomic E-state index is 0.116. The Hall–Kier alpha value is -0.700. The first kappa shape index (κ1) is 7.92. The van der Waals surface area contributed by atoms with Crippen LogP contribution in [0.15, 0.2) is 11.4 Å². The fourth-order valence-corrected chi connectivity index (χ4v) is 2.27. The summed E-state index contributed by atoms with van der Waals surface area (Å²) in [5, 5.41) is 1.94. The van der Waals surface area contributed by atoms with Gasteiger partial charge in [-0.15, -0.1) is 0 Å². The molecule has 1 unspecified atom stereocenters. The second kappa shape index (κ2) is 3.35. The number of nitrogens with zero attached hydrogens (tertiary/aromatic N) is 1. The topological polar surface area (TPSA) is 30.0 Å². The molecule has 0 radical (unpaired) electrons. The van der Waals surface area contributed by atoms with Crippen molar-refractivity contribution in [1.82, 2.24) is 4.37 Å². The quantitative estimate of drug-likeness (QED) is 0.665. The van der Waals surface area contributed by atoms with Crippen molar-refractivity contribution in [1.29, 1.82) is 0 Å². The molecule has 1 atom stereocenters. The zero-order valence-corrected chi connectivity index (χ0v) is 7.64. The summed E-state index contributed by atoms with van der Waals surface area (Å²) in [7, 11) is 0. The molecule has 1 aromatic heterocycles. The van der Waals surface area contributed by atoms with E-state index in [-0.39, 0.29) is 5.92 Å². The molecule has 3 heteroatoms. The van der Waals surface area contributed by atoms with E-state index in [1.54, 1.807) is 0 Å². The van der Waals surface area contributed by atoms with E-state index in [0.29, 0.717) is 5.78 Å². The summed E-state index contributed by atoms with van der Waals surface area (Å²) in [6, 6.07) is 1.97. The van der Waals surface area contributed by atoms with Gasteiger partial charge in [0, 0.05) is 11.8 Å². The predicted molar refractivity (Wildman–Crippen MR) is 48.3 cm³/mol. The van der Waals surface area contributed by atoms with Crippen LogP contribution < -0.4 is 0 Å². The molecule has 0 amide bonds. The van der Waals surface area contributed by atoms with Crippen molar-refractivity contribution in [2.45, 2.75) is 31.6 Å². The molecule has 2 rings (SSSR count). The Labute approximate surface area is 75.8 Å². The normalized spacial score (nSPS) is 24.3. The standard InChI is InChI=1S/C9H11NOS/c11-9-4-2-1-3-7(9)8-5-6-12-10-8/h5-7H,1-4H2. The summed E-state index contributed by atoms with van der Waals surface area (Å²) in [5.41, 5.74) is 0.990. The largest absolute Gasteiger partial charge is 0.299 e. The summed E-state index contributed by atoms with van der Waals surface area (Å²) in [6.07, 6.45) is 4.00. The van der Waals surface area contributed by atoms with Gasteiger partial charge in [-0.1, -0.05) is 6.42 Å². The smallest absolute Gasteiger partial charge is 0.141 e. The van der Waals surface area contributed by atoms with Gasteiger partial charge in [-0.05, 0) is 30.4 Å². The first-order valence-corrected chi connectivity index (χ1v) is 5.14. The second-order valence-electron chi connectivity index (χ2n) is 3.19. The van der Waals surface area contributed by atoms with Crippen LogP contribution in [0.4, 0.5) is 0 Å². The van der Waals surface area contributed by atoms with Crippen molar-refractivity contribution in [2.75, 3.05) is 0 Å². The van der Waals surface area contributed by atoms with Crippen LogP contribution in [0.2, 0.25) is 0 Å². The molecule has 1 aliphatic rings. The van der Waals surface area contributed by atoms with Gasteiger partial charge in [-0.25, -0.2) is 0 Å². The monoisotopic (exact) mass is 181 g/mol. The molecular formula is C9H11NOS. The lowest BCUT2D eigenvalue weighted by Crippen LogP contribution is -2.16. The number of aromatic nitrogens is 1. The van der Waals surface area contributed by atoms with Crippen LogP contribution >= 0.6 is 11.5 Å². The summed E-state index contributed by atoms with van der Waals surface area (Å²) >= 11 is 1.43. The first-order chi connectivity index (χ1) is 5.88. The Bertz CT molecular complexity index is 268. The van der Waals surface area contributed by atoms with E-state index in [2.05, 4.69) is 4.37 Å². The fraction of sp³-hybridized carbons (Fsp3) is 0.556. The summed E-state index contributed by atoms with van der Waals surface area (Å²) in [6.45, 7) is 0. The van der Waals surface area contributed by atoms with Gasteiger partial charge in [0.05, 0.1) is 11.6 Å². The molecule has 0 N–H and O–H groups in total. The third-order valence-electron chi connectivity index (χ3n) is 2.37. The predicted octanol–water partition coefficient (Wildman–Crippen LogP) is 2.37. The molecule has 64 valence electrons. The zero-order valence-electron chi connectivity index (χ0n) is 6.82. The number of ketones is 1. The van der Waals surface area contributed by atoms with Crippen molar-refractivity contribution < 1.29 is 4.79 Å². The van der Waals surface area contributed by atoms with Crippen molar-refractivity contribution in [3.05, 3.63) is 17.1 Å². The van der Waals surface area contributed by atoms with E-state index in [1.165, 1.54) is 18.0 Å². The van der Waals surface area contributed by atoms with Crippen molar-refractivity contribution in [3.8, 4) is 0 Å². The lowest BCUT2D eigenvalue weighted by Gasteiger charge is -2.17. The third kappa shape index (κ3) is 1.41. The van der Waals surface area contributed by atoms with E-state index in [1.807, 2.05) is 11.4 Å². The number of hydrogen-bond acceptors (Lipinski definition) is 3. The molecule has 1 heterocycles. The highest BCUT2D eigenvalue weighted by atomic mass is 32.1. The van der Waals surface area contributed by atoms with E-state index >= 15 is 0 Å². The molecule has 1 aromatic rings. The summed E-state index contributed by atoms with van der Waals surface area (Å²) < 4.78 is 4.21. The Morgan fingerprint density at radius 1 is 1.50 bits per heavy atom. The van der Waals surface area contributed by atoms with Gasteiger partial charge in [-0.3, -0.25) is 4.79 Å². The number of carbonyl (C=O) groups excluding carboxylic acids is 1. The number of Topliss-reactive ketones (excluding diaryl/α,β-unsaturated/α-hetero) is 1. The maximum absolute atomic E-state index is 11.5. The van der Waals surface area contributed by atoms with Crippen LogP contribution in [-0.2, 0) is 4.79 Å². The van der Waals surface area contributed by atoms with Crippen molar-refractivity contribution in [2.24, 2.45) is 0 Å². The Morgan fingerprint density at radius 3 is 3.08 bits per heavy atom. The maximum atomic E-state index is 11.5. The van der Waals surface area contributed by atoms with Crippen molar-refractivity contribution in [3.63, 3.8) is 0 Å². The van der Waals surface area contributed by atoms with E-state index < -0.39 is 0 Å². The van der Waals surface area contributed by atoms with Gasteiger partial charge in [0.15, 0.2) is 0 Å². The number of hydrogen-bond donors (Lipinski definition) is 0. The van der Waals surface area contributed by atoms with Crippen LogP contribution in [0.25, 0.3) is 0 Å². The van der Waals surface area contributed by atoms with Crippen LogP contribution in [-0.4, -0.2) is 10.2 Å². The summed E-state index contributed by atoms with van der Waals surface area (Å²) in [5.74, 6) is 0.497. The molecule has 1 fully saturated rings. The molecule has 1 aliphatic carbocycles. The van der Waals surface area contributed by atoms with Gasteiger partial charge in [-0.2, -0.15) is 4.37 Å². The molecule has 2 nitrogen and oxygen atoms in total. The molecule has 0 aromatic carbocycles.